The van der Waals surface area contributed by atoms with Crippen molar-refractivity contribution in [3.8, 4) is 22.8 Å². The van der Waals surface area contributed by atoms with E-state index >= 15 is 0 Å². The molecule has 0 bridgehead atoms. The normalized spacial score (nSPS) is 10.6. The molecule has 1 heterocycles. The van der Waals surface area contributed by atoms with Gasteiger partial charge in [-0.25, -0.2) is 0 Å². The van der Waals surface area contributed by atoms with Crippen LogP contribution in [0.1, 0.15) is 0 Å². The summed E-state index contributed by atoms with van der Waals surface area (Å²) in [6.45, 7) is 0. The van der Waals surface area contributed by atoms with Crippen LogP contribution in [-0.2, 0) is 0 Å². The molecular weight excluding hydrogens is 380 g/mol. The standard InChI is InChI=1S/C17H14O3Te/c1-18-12-8-14(19-2)17-15(9-12)20-13(10-16(17)21)11-6-4-3-5-7-11/h3-10H,1-2H3. The van der Waals surface area contributed by atoms with Crippen molar-refractivity contribution in [2.45, 2.75) is 0 Å². The Kier molecular flexibility index (Phi) is 4.01. The van der Waals surface area contributed by atoms with Gasteiger partial charge in [0.2, 0.25) is 0 Å². The summed E-state index contributed by atoms with van der Waals surface area (Å²) in [6, 6.07) is 15.8. The molecule has 0 unspecified atom stereocenters. The molecule has 3 aromatic rings. The molecule has 0 saturated heterocycles. The first-order chi connectivity index (χ1) is 10.2. The van der Waals surface area contributed by atoms with Gasteiger partial charge in [0.1, 0.15) is 0 Å². The van der Waals surface area contributed by atoms with E-state index in [1.54, 1.807) is 14.2 Å². The molecular formula is C17H14O3Te. The van der Waals surface area contributed by atoms with Crippen LogP contribution in [0.5, 0.6) is 11.5 Å². The third kappa shape index (κ3) is 2.70. The second kappa shape index (κ2) is 5.93. The number of benzene rings is 2. The molecule has 1 aromatic heterocycles. The first kappa shape index (κ1) is 14.2. The number of rotatable bonds is 3. The molecule has 0 radical (unpaired) electrons. The summed E-state index contributed by atoms with van der Waals surface area (Å²) in [7, 11) is 3.29. The van der Waals surface area contributed by atoms with Crippen LogP contribution in [0.25, 0.3) is 22.3 Å². The Bertz CT molecular complexity index is 838. The first-order valence-corrected chi connectivity index (χ1v) is 7.65. The topological polar surface area (TPSA) is 31.6 Å². The molecule has 0 aliphatic heterocycles. The van der Waals surface area contributed by atoms with Crippen molar-refractivity contribution in [2.24, 2.45) is 0 Å². The van der Waals surface area contributed by atoms with Crippen molar-refractivity contribution in [1.82, 2.24) is 0 Å². The van der Waals surface area contributed by atoms with E-state index in [2.05, 4.69) is 0 Å². The molecule has 0 fully saturated rings. The number of hydrogen-bond acceptors (Lipinski definition) is 3. The van der Waals surface area contributed by atoms with E-state index in [4.69, 9.17) is 13.9 Å². The van der Waals surface area contributed by atoms with E-state index in [0.29, 0.717) is 5.75 Å². The van der Waals surface area contributed by atoms with Gasteiger partial charge in [-0.2, -0.15) is 0 Å². The zero-order chi connectivity index (χ0) is 14.8. The van der Waals surface area contributed by atoms with Gasteiger partial charge in [-0.05, 0) is 0 Å². The van der Waals surface area contributed by atoms with Gasteiger partial charge >= 0.3 is 135 Å². The summed E-state index contributed by atoms with van der Waals surface area (Å²) in [5.41, 5.74) is 1.80. The van der Waals surface area contributed by atoms with E-state index < -0.39 is 0 Å². The molecule has 3 nitrogen and oxygen atoms in total. The Morgan fingerprint density at radius 1 is 0.952 bits per heavy atom. The Labute approximate surface area is 135 Å². The van der Waals surface area contributed by atoms with E-state index in [0.717, 1.165) is 31.2 Å². The van der Waals surface area contributed by atoms with Gasteiger partial charge in [0, 0.05) is 0 Å². The Morgan fingerprint density at radius 3 is 2.38 bits per heavy atom. The zero-order valence-electron chi connectivity index (χ0n) is 11.8. The van der Waals surface area contributed by atoms with Crippen LogP contribution in [0.4, 0.5) is 0 Å². The molecule has 3 rings (SSSR count). The predicted molar refractivity (Wildman–Crippen MR) is 83.8 cm³/mol. The van der Waals surface area contributed by atoms with Gasteiger partial charge in [0.25, 0.3) is 0 Å². The van der Waals surface area contributed by atoms with Crippen molar-refractivity contribution in [3.05, 3.63) is 51.7 Å². The van der Waals surface area contributed by atoms with Gasteiger partial charge in [0.05, 0.1) is 0 Å². The molecule has 2 aromatic carbocycles. The molecule has 0 aliphatic rings. The second-order valence-electron chi connectivity index (χ2n) is 4.54. The Balaban J connectivity index is 2.31. The first-order valence-electron chi connectivity index (χ1n) is 6.48. The van der Waals surface area contributed by atoms with Gasteiger partial charge in [-0.15, -0.1) is 0 Å². The van der Waals surface area contributed by atoms with Crippen LogP contribution >= 0.6 is 0 Å². The van der Waals surface area contributed by atoms with Gasteiger partial charge in [-0.3, -0.25) is 0 Å². The summed E-state index contributed by atoms with van der Waals surface area (Å²) >= 11 is 1.97. The van der Waals surface area contributed by atoms with E-state index in [1.807, 2.05) is 70.4 Å². The Morgan fingerprint density at radius 2 is 1.71 bits per heavy atom. The minimum atomic E-state index is 0.717. The second-order valence-corrected chi connectivity index (χ2v) is 5.80. The third-order valence-electron chi connectivity index (χ3n) is 3.28. The summed E-state index contributed by atoms with van der Waals surface area (Å²) in [6.07, 6.45) is 0. The number of methoxy groups -OCH3 is 2. The molecule has 0 atom stereocenters. The van der Waals surface area contributed by atoms with Gasteiger partial charge < -0.3 is 0 Å². The average Bonchev–Trinajstić information content (AvgIpc) is 2.54. The van der Waals surface area contributed by atoms with Crippen LogP contribution in [-0.4, -0.2) is 36.0 Å². The molecule has 0 N–H and O–H groups in total. The molecule has 0 saturated carbocycles. The zero-order valence-corrected chi connectivity index (χ0v) is 14.1. The fraction of sp³-hybridized carbons (Fsp3) is 0.118. The SMILES string of the molecule is COc1cc(OC)c2c(=[Te])cc(-c3ccccc3)oc2c1. The molecule has 106 valence electrons. The third-order valence-corrected chi connectivity index (χ3v) is 4.20. The van der Waals surface area contributed by atoms with Crippen LogP contribution in [0.15, 0.2) is 52.9 Å². The van der Waals surface area contributed by atoms with Gasteiger partial charge in [0.15, 0.2) is 0 Å². The summed E-state index contributed by atoms with van der Waals surface area (Å²) in [5, 5.41) is 0.975. The monoisotopic (exact) mass is 396 g/mol. The minimum absolute atomic E-state index is 0.717. The van der Waals surface area contributed by atoms with Crippen LogP contribution in [0, 0.1) is 3.20 Å². The van der Waals surface area contributed by atoms with E-state index in [1.165, 1.54) is 0 Å². The quantitative estimate of drug-likeness (QED) is 0.634. The van der Waals surface area contributed by atoms with Crippen LogP contribution < -0.4 is 9.47 Å². The van der Waals surface area contributed by atoms with E-state index in [9.17, 15) is 0 Å². The van der Waals surface area contributed by atoms with Crippen molar-refractivity contribution in [3.63, 3.8) is 0 Å². The van der Waals surface area contributed by atoms with Crippen LogP contribution in [0.3, 0.4) is 0 Å². The molecule has 0 aliphatic carbocycles. The van der Waals surface area contributed by atoms with Crippen molar-refractivity contribution in [2.75, 3.05) is 14.2 Å². The maximum absolute atomic E-state index is 6.06. The summed E-state index contributed by atoms with van der Waals surface area (Å²) in [5.74, 6) is 2.31. The number of fused-ring (bicyclic) bond motifs is 1. The number of ether oxygens (including phenoxy) is 2. The van der Waals surface area contributed by atoms with Crippen LogP contribution in [0.2, 0.25) is 0 Å². The fourth-order valence-corrected chi connectivity index (χ4v) is 3.13. The fourth-order valence-electron chi connectivity index (χ4n) is 2.25. The van der Waals surface area contributed by atoms with E-state index in [-0.39, 0.29) is 0 Å². The van der Waals surface area contributed by atoms with Crippen molar-refractivity contribution < 1.29 is 13.9 Å². The maximum atomic E-state index is 6.06. The Hall–Kier alpha value is -1.76. The van der Waals surface area contributed by atoms with Crippen molar-refractivity contribution in [1.29, 1.82) is 0 Å². The van der Waals surface area contributed by atoms with Gasteiger partial charge in [-0.1, -0.05) is 0 Å². The molecule has 0 amide bonds. The number of hydrogen-bond donors (Lipinski definition) is 0. The van der Waals surface area contributed by atoms with Crippen molar-refractivity contribution >= 4 is 32.8 Å². The predicted octanol–water partition coefficient (Wildman–Crippen LogP) is 3.82. The summed E-state index contributed by atoms with van der Waals surface area (Å²) < 4.78 is 17.9. The average molecular weight is 394 g/mol. The molecule has 21 heavy (non-hydrogen) atoms. The molecule has 0 spiro atoms. The molecule has 4 heteroatoms. The summed E-state index contributed by atoms with van der Waals surface area (Å²) in [4.78, 5) is 0.